The standard InChI is InChI=1S/C20H24FN7O/c1-27-7-6-13(11-27)24-20-23-9-14(21)19(25-20)15-10-22-17-8-16(29-2)18(26-28(15)17)12-4-3-5-12/h8-10,12-13H,3-7,11H2,1-2H3,(H,23,24,25). The molecule has 8 nitrogen and oxygen atoms in total. The van der Waals surface area contributed by atoms with Gasteiger partial charge in [0.1, 0.15) is 22.8 Å². The van der Waals surface area contributed by atoms with Crippen LogP contribution in [0.1, 0.15) is 37.3 Å². The molecule has 3 aromatic rings. The highest BCUT2D eigenvalue weighted by molar-refractivity contribution is 5.62. The van der Waals surface area contributed by atoms with Crippen LogP contribution in [-0.4, -0.2) is 62.8 Å². The van der Waals surface area contributed by atoms with Crippen LogP contribution in [0.5, 0.6) is 5.75 Å². The predicted octanol–water partition coefficient (Wildman–Crippen LogP) is 2.72. The summed E-state index contributed by atoms with van der Waals surface area (Å²) in [6, 6.07) is 2.12. The van der Waals surface area contributed by atoms with Gasteiger partial charge in [-0.25, -0.2) is 23.9 Å². The quantitative estimate of drug-likeness (QED) is 0.709. The minimum absolute atomic E-state index is 0.193. The number of fused-ring (bicyclic) bond motifs is 1. The first kappa shape index (κ1) is 18.2. The molecule has 1 N–H and O–H groups in total. The fourth-order valence-corrected chi connectivity index (χ4v) is 4.05. The predicted molar refractivity (Wildman–Crippen MR) is 107 cm³/mol. The van der Waals surface area contributed by atoms with Gasteiger partial charge in [0, 0.05) is 24.6 Å². The second-order valence-corrected chi connectivity index (χ2v) is 7.92. The third-order valence-corrected chi connectivity index (χ3v) is 5.91. The fourth-order valence-electron chi connectivity index (χ4n) is 4.05. The molecule has 0 aromatic carbocycles. The molecule has 1 aliphatic heterocycles. The lowest BCUT2D eigenvalue weighted by Crippen LogP contribution is -2.24. The zero-order valence-electron chi connectivity index (χ0n) is 16.6. The van der Waals surface area contributed by atoms with Crippen LogP contribution in [0.3, 0.4) is 0 Å². The number of likely N-dealkylation sites (N-methyl/N-ethyl adjacent to an activating group) is 1. The monoisotopic (exact) mass is 397 g/mol. The molecule has 0 amide bonds. The van der Waals surface area contributed by atoms with Gasteiger partial charge in [0.25, 0.3) is 0 Å². The van der Waals surface area contributed by atoms with E-state index < -0.39 is 5.82 Å². The lowest BCUT2D eigenvalue weighted by molar-refractivity contribution is 0.362. The van der Waals surface area contributed by atoms with Crippen molar-refractivity contribution in [3.05, 3.63) is 30.0 Å². The molecule has 3 aromatic heterocycles. The summed E-state index contributed by atoms with van der Waals surface area (Å²) in [5.41, 5.74) is 2.20. The number of halogens is 1. The molecular weight excluding hydrogens is 373 g/mol. The Bertz CT molecular complexity index is 1050. The number of anilines is 1. The minimum Gasteiger partial charge on any atom is -0.495 e. The van der Waals surface area contributed by atoms with Crippen LogP contribution in [0.4, 0.5) is 10.3 Å². The fraction of sp³-hybridized carbons (Fsp3) is 0.500. The number of rotatable bonds is 5. The molecule has 1 unspecified atom stereocenters. The summed E-state index contributed by atoms with van der Waals surface area (Å²) in [7, 11) is 3.72. The van der Waals surface area contributed by atoms with E-state index in [2.05, 4.69) is 32.2 Å². The summed E-state index contributed by atoms with van der Waals surface area (Å²) < 4.78 is 21.8. The Labute approximate surface area is 168 Å². The van der Waals surface area contributed by atoms with Gasteiger partial charge < -0.3 is 15.0 Å². The molecule has 1 saturated heterocycles. The molecule has 2 fully saturated rings. The van der Waals surface area contributed by atoms with Gasteiger partial charge in [-0.2, -0.15) is 5.10 Å². The first-order chi connectivity index (χ1) is 14.1. The van der Waals surface area contributed by atoms with E-state index >= 15 is 0 Å². The van der Waals surface area contributed by atoms with Gasteiger partial charge in [-0.05, 0) is 32.9 Å². The number of imidazole rings is 1. The molecule has 29 heavy (non-hydrogen) atoms. The SMILES string of the molecule is COc1cc2ncc(-c3nc(NC4CCN(C)C4)ncc3F)n2nc1C1CCC1. The largest absolute Gasteiger partial charge is 0.495 e. The zero-order chi connectivity index (χ0) is 20.0. The van der Waals surface area contributed by atoms with Crippen molar-refractivity contribution in [1.82, 2.24) is 29.5 Å². The first-order valence-corrected chi connectivity index (χ1v) is 10.0. The lowest BCUT2D eigenvalue weighted by atomic mass is 9.82. The summed E-state index contributed by atoms with van der Waals surface area (Å²) in [5, 5.41) is 8.08. The Morgan fingerprint density at radius 1 is 1.21 bits per heavy atom. The summed E-state index contributed by atoms with van der Waals surface area (Å²) in [4.78, 5) is 15.2. The second kappa shape index (κ2) is 7.22. The van der Waals surface area contributed by atoms with E-state index in [1.807, 2.05) is 6.07 Å². The van der Waals surface area contributed by atoms with Gasteiger partial charge in [-0.15, -0.1) is 0 Å². The lowest BCUT2D eigenvalue weighted by Gasteiger charge is -2.26. The Balaban J connectivity index is 1.53. The van der Waals surface area contributed by atoms with Crippen LogP contribution in [-0.2, 0) is 0 Å². The van der Waals surface area contributed by atoms with Crippen molar-refractivity contribution in [2.75, 3.05) is 32.6 Å². The second-order valence-electron chi connectivity index (χ2n) is 7.92. The molecule has 1 saturated carbocycles. The zero-order valence-corrected chi connectivity index (χ0v) is 16.6. The van der Waals surface area contributed by atoms with Crippen LogP contribution >= 0.6 is 0 Å². The molecule has 9 heteroatoms. The average Bonchev–Trinajstić information content (AvgIpc) is 3.27. The van der Waals surface area contributed by atoms with Crippen molar-refractivity contribution in [3.63, 3.8) is 0 Å². The molecule has 1 aliphatic carbocycles. The van der Waals surface area contributed by atoms with Gasteiger partial charge >= 0.3 is 0 Å². The van der Waals surface area contributed by atoms with Gasteiger partial charge in [-0.3, -0.25) is 0 Å². The van der Waals surface area contributed by atoms with Crippen molar-refractivity contribution in [2.24, 2.45) is 0 Å². The molecule has 152 valence electrons. The van der Waals surface area contributed by atoms with Gasteiger partial charge in [0.15, 0.2) is 11.5 Å². The highest BCUT2D eigenvalue weighted by Crippen LogP contribution is 2.40. The van der Waals surface area contributed by atoms with Crippen LogP contribution < -0.4 is 10.1 Å². The highest BCUT2D eigenvalue weighted by Gasteiger charge is 2.27. The van der Waals surface area contributed by atoms with E-state index in [4.69, 9.17) is 9.84 Å². The maximum absolute atomic E-state index is 14.7. The number of nitrogens with zero attached hydrogens (tertiary/aromatic N) is 6. The van der Waals surface area contributed by atoms with Crippen molar-refractivity contribution < 1.29 is 9.13 Å². The highest BCUT2D eigenvalue weighted by atomic mass is 19.1. The smallest absolute Gasteiger partial charge is 0.223 e. The number of methoxy groups -OCH3 is 1. The number of hydrogen-bond donors (Lipinski definition) is 1. The number of nitrogens with one attached hydrogen (secondary N) is 1. The van der Waals surface area contributed by atoms with E-state index in [0.29, 0.717) is 23.2 Å². The number of hydrogen-bond acceptors (Lipinski definition) is 7. The average molecular weight is 397 g/mol. The number of aromatic nitrogens is 5. The summed E-state index contributed by atoms with van der Waals surface area (Å²) >= 11 is 0. The molecule has 2 aliphatic rings. The van der Waals surface area contributed by atoms with E-state index in [0.717, 1.165) is 43.8 Å². The van der Waals surface area contributed by atoms with Crippen molar-refractivity contribution in [3.8, 4) is 17.1 Å². The number of likely N-dealkylation sites (tertiary alicyclic amines) is 1. The maximum Gasteiger partial charge on any atom is 0.223 e. The van der Waals surface area contributed by atoms with Crippen LogP contribution in [0.25, 0.3) is 17.0 Å². The molecule has 0 radical (unpaired) electrons. The van der Waals surface area contributed by atoms with Crippen LogP contribution in [0.15, 0.2) is 18.5 Å². The number of ether oxygens (including phenoxy) is 1. The Morgan fingerprint density at radius 2 is 2.07 bits per heavy atom. The molecule has 5 rings (SSSR count). The Morgan fingerprint density at radius 3 is 2.76 bits per heavy atom. The van der Waals surface area contributed by atoms with Gasteiger partial charge in [-0.1, -0.05) is 6.42 Å². The molecule has 0 bridgehead atoms. The van der Waals surface area contributed by atoms with Crippen LogP contribution in [0, 0.1) is 5.82 Å². The van der Waals surface area contributed by atoms with Gasteiger partial charge in [0.2, 0.25) is 5.95 Å². The normalized spacial score (nSPS) is 20.2. The molecular formula is C20H24FN7O. The van der Waals surface area contributed by atoms with E-state index in [1.165, 1.54) is 12.6 Å². The summed E-state index contributed by atoms with van der Waals surface area (Å²) in [6.07, 6.45) is 7.18. The third-order valence-electron chi connectivity index (χ3n) is 5.91. The van der Waals surface area contributed by atoms with Crippen molar-refractivity contribution in [2.45, 2.75) is 37.6 Å². The van der Waals surface area contributed by atoms with E-state index in [-0.39, 0.29) is 11.7 Å². The minimum atomic E-state index is -0.497. The molecule has 0 spiro atoms. The first-order valence-electron chi connectivity index (χ1n) is 10.0. The van der Waals surface area contributed by atoms with Crippen molar-refractivity contribution >= 4 is 11.6 Å². The molecule has 4 heterocycles. The maximum atomic E-state index is 14.7. The topological polar surface area (TPSA) is 80.5 Å². The van der Waals surface area contributed by atoms with E-state index in [1.54, 1.807) is 17.8 Å². The summed E-state index contributed by atoms with van der Waals surface area (Å²) in [6.45, 7) is 1.94. The van der Waals surface area contributed by atoms with Crippen molar-refractivity contribution in [1.29, 1.82) is 0 Å². The Kier molecular flexibility index (Phi) is 4.54. The van der Waals surface area contributed by atoms with Gasteiger partial charge in [0.05, 0.1) is 19.5 Å². The Hall–Kier alpha value is -2.81. The third kappa shape index (κ3) is 3.29. The summed E-state index contributed by atoms with van der Waals surface area (Å²) in [5.74, 6) is 1.03. The van der Waals surface area contributed by atoms with Crippen LogP contribution in [0.2, 0.25) is 0 Å². The molecule has 1 atom stereocenters. The van der Waals surface area contributed by atoms with E-state index in [9.17, 15) is 4.39 Å².